The number of anilines is 1. The largest absolute Gasteiger partial charge is 0.363 e. The van der Waals surface area contributed by atoms with Gasteiger partial charge in [-0.1, -0.05) is 12.2 Å². The molecule has 2 nitrogen and oxygen atoms in total. The van der Waals surface area contributed by atoms with Crippen molar-refractivity contribution < 1.29 is 0 Å². The van der Waals surface area contributed by atoms with Crippen LogP contribution in [0.15, 0.2) is 18.3 Å². The maximum Gasteiger partial charge on any atom is 0.111 e. The Morgan fingerprint density at radius 2 is 2.18 bits per heavy atom. The Bertz CT molecular complexity index is 294. The van der Waals surface area contributed by atoms with Crippen molar-refractivity contribution in [2.75, 3.05) is 5.32 Å². The third kappa shape index (κ3) is 1.04. The Hall–Kier alpha value is -1.18. The molecule has 58 valence electrons. The lowest BCUT2D eigenvalue weighted by Gasteiger charge is -2.26. The van der Waals surface area contributed by atoms with Crippen LogP contribution in [0, 0.1) is 0 Å². The monoisotopic (exact) mass is 148 g/mol. The van der Waals surface area contributed by atoms with Crippen molar-refractivity contribution in [3.63, 3.8) is 0 Å². The van der Waals surface area contributed by atoms with Crippen LogP contribution in [0.2, 0.25) is 0 Å². The fourth-order valence-corrected chi connectivity index (χ4v) is 1.29. The van der Waals surface area contributed by atoms with Gasteiger partial charge in [-0.05, 0) is 19.9 Å². The number of rotatable bonds is 0. The highest BCUT2D eigenvalue weighted by Gasteiger charge is 2.18. The zero-order valence-electron chi connectivity index (χ0n) is 6.81. The number of aromatic nitrogens is 1. The van der Waals surface area contributed by atoms with Crippen LogP contribution in [0.3, 0.4) is 0 Å². The third-order valence-corrected chi connectivity index (χ3v) is 1.91. The first kappa shape index (κ1) is 6.53. The molecule has 0 radical (unpaired) electrons. The molecule has 0 atom stereocenters. The highest BCUT2D eigenvalue weighted by atomic mass is 15.1. The van der Waals surface area contributed by atoms with Gasteiger partial charge in [0.05, 0.1) is 5.54 Å². The Morgan fingerprint density at radius 1 is 1.36 bits per heavy atom. The number of fused-ring (bicyclic) bond motifs is 1. The van der Waals surface area contributed by atoms with Crippen molar-refractivity contribution in [2.45, 2.75) is 19.4 Å². The molecule has 11 heavy (non-hydrogen) atoms. The number of nitrogens with one attached hydrogen (secondary N) is 2. The second-order valence-electron chi connectivity index (χ2n) is 3.49. The van der Waals surface area contributed by atoms with Gasteiger partial charge in [0.15, 0.2) is 0 Å². The van der Waals surface area contributed by atoms with Crippen LogP contribution in [0.1, 0.15) is 19.4 Å². The highest BCUT2D eigenvalue weighted by molar-refractivity contribution is 5.69. The van der Waals surface area contributed by atoms with Crippen LogP contribution in [0.25, 0.3) is 6.08 Å². The smallest absolute Gasteiger partial charge is 0.111 e. The van der Waals surface area contributed by atoms with Crippen molar-refractivity contribution in [1.82, 2.24) is 4.98 Å². The van der Waals surface area contributed by atoms with Gasteiger partial charge in [-0.15, -0.1) is 0 Å². The van der Waals surface area contributed by atoms with Gasteiger partial charge >= 0.3 is 0 Å². The number of H-pyrrole nitrogens is 1. The molecule has 0 aliphatic carbocycles. The fourth-order valence-electron chi connectivity index (χ4n) is 1.29. The zero-order valence-corrected chi connectivity index (χ0v) is 6.81. The molecule has 0 unspecified atom stereocenters. The molecule has 0 amide bonds. The Balaban J connectivity index is 2.44. The van der Waals surface area contributed by atoms with E-state index in [2.05, 4.69) is 42.4 Å². The third-order valence-electron chi connectivity index (χ3n) is 1.91. The average Bonchev–Trinajstić information content (AvgIpc) is 2.31. The number of hydrogen-bond acceptors (Lipinski definition) is 1. The van der Waals surface area contributed by atoms with Crippen LogP contribution in [-0.4, -0.2) is 10.5 Å². The zero-order chi connectivity index (χ0) is 7.90. The van der Waals surface area contributed by atoms with Gasteiger partial charge in [0, 0.05) is 11.8 Å². The van der Waals surface area contributed by atoms with Crippen molar-refractivity contribution in [3.8, 4) is 0 Å². The number of aromatic amines is 1. The predicted molar refractivity (Wildman–Crippen MR) is 47.5 cm³/mol. The lowest BCUT2D eigenvalue weighted by Crippen LogP contribution is -2.30. The van der Waals surface area contributed by atoms with Gasteiger partial charge in [0.1, 0.15) is 5.82 Å². The van der Waals surface area contributed by atoms with E-state index in [-0.39, 0.29) is 5.54 Å². The van der Waals surface area contributed by atoms with Gasteiger partial charge < -0.3 is 10.3 Å². The van der Waals surface area contributed by atoms with E-state index in [9.17, 15) is 0 Å². The summed E-state index contributed by atoms with van der Waals surface area (Å²) >= 11 is 0. The van der Waals surface area contributed by atoms with Gasteiger partial charge in [-0.25, -0.2) is 0 Å². The molecule has 1 aliphatic heterocycles. The van der Waals surface area contributed by atoms with E-state index in [0.717, 1.165) is 5.82 Å². The van der Waals surface area contributed by atoms with Crippen molar-refractivity contribution in [2.24, 2.45) is 0 Å². The molecule has 0 spiro atoms. The molecule has 1 aromatic rings. The molecule has 1 aliphatic rings. The van der Waals surface area contributed by atoms with E-state index in [1.165, 1.54) is 5.56 Å². The Morgan fingerprint density at radius 3 is 3.00 bits per heavy atom. The first-order valence-corrected chi connectivity index (χ1v) is 3.82. The first-order valence-electron chi connectivity index (χ1n) is 3.82. The average molecular weight is 148 g/mol. The standard InChI is InChI=1S/C9H12N2/c1-9(2)5-3-7-4-6-10-8(7)11-9/h3-6,10-11H,1-2H3. The second kappa shape index (κ2) is 1.91. The predicted octanol–water partition coefficient (Wildman–Crippen LogP) is 2.23. The molecule has 0 fully saturated rings. The summed E-state index contributed by atoms with van der Waals surface area (Å²) in [6.07, 6.45) is 6.26. The van der Waals surface area contributed by atoms with Gasteiger partial charge in [-0.3, -0.25) is 0 Å². The molecule has 0 saturated carbocycles. The summed E-state index contributed by atoms with van der Waals surface area (Å²) in [4.78, 5) is 3.15. The Labute approximate surface area is 66.3 Å². The van der Waals surface area contributed by atoms with Gasteiger partial charge in [0.25, 0.3) is 0 Å². The van der Waals surface area contributed by atoms with Crippen LogP contribution in [-0.2, 0) is 0 Å². The summed E-state index contributed by atoms with van der Waals surface area (Å²) in [7, 11) is 0. The van der Waals surface area contributed by atoms with Crippen molar-refractivity contribution >= 4 is 11.9 Å². The van der Waals surface area contributed by atoms with E-state index < -0.39 is 0 Å². The minimum absolute atomic E-state index is 0.0812. The minimum Gasteiger partial charge on any atom is -0.363 e. The summed E-state index contributed by atoms with van der Waals surface area (Å²) < 4.78 is 0. The second-order valence-corrected chi connectivity index (χ2v) is 3.49. The SMILES string of the molecule is CC1(C)C=Cc2cc[nH]c2N1. The lowest BCUT2D eigenvalue weighted by atomic mass is 10.0. The normalized spacial score (nSPS) is 19.1. The van der Waals surface area contributed by atoms with Crippen molar-refractivity contribution in [1.29, 1.82) is 0 Å². The molecule has 2 rings (SSSR count). The summed E-state index contributed by atoms with van der Waals surface area (Å²) in [6, 6.07) is 2.06. The number of hydrogen-bond donors (Lipinski definition) is 2. The van der Waals surface area contributed by atoms with Crippen LogP contribution < -0.4 is 5.32 Å². The summed E-state index contributed by atoms with van der Waals surface area (Å²) in [6.45, 7) is 4.29. The fraction of sp³-hybridized carbons (Fsp3) is 0.333. The lowest BCUT2D eigenvalue weighted by molar-refractivity contribution is 0.707. The van der Waals surface area contributed by atoms with Crippen molar-refractivity contribution in [3.05, 3.63) is 23.9 Å². The first-order chi connectivity index (χ1) is 5.17. The molecule has 2 heteroatoms. The molecule has 2 heterocycles. The quantitative estimate of drug-likeness (QED) is 0.580. The molecular weight excluding hydrogens is 136 g/mol. The highest BCUT2D eigenvalue weighted by Crippen LogP contribution is 2.25. The summed E-state index contributed by atoms with van der Waals surface area (Å²) in [5.74, 6) is 1.12. The van der Waals surface area contributed by atoms with E-state index in [1.807, 2.05) is 6.20 Å². The molecule has 2 N–H and O–H groups in total. The minimum atomic E-state index is 0.0812. The topological polar surface area (TPSA) is 27.8 Å². The van der Waals surface area contributed by atoms with Crippen LogP contribution in [0.5, 0.6) is 0 Å². The molecular formula is C9H12N2. The van der Waals surface area contributed by atoms with Gasteiger partial charge in [0.2, 0.25) is 0 Å². The van der Waals surface area contributed by atoms with Crippen LogP contribution >= 0.6 is 0 Å². The maximum absolute atomic E-state index is 3.37. The van der Waals surface area contributed by atoms with E-state index >= 15 is 0 Å². The van der Waals surface area contributed by atoms with Crippen LogP contribution in [0.4, 0.5) is 5.82 Å². The molecule has 0 aromatic carbocycles. The molecule has 0 bridgehead atoms. The van der Waals surface area contributed by atoms with E-state index in [4.69, 9.17) is 0 Å². The van der Waals surface area contributed by atoms with E-state index in [0.29, 0.717) is 0 Å². The van der Waals surface area contributed by atoms with E-state index in [1.54, 1.807) is 0 Å². The summed E-state index contributed by atoms with van der Waals surface area (Å²) in [5.41, 5.74) is 1.32. The summed E-state index contributed by atoms with van der Waals surface area (Å²) in [5, 5.41) is 3.37. The molecule has 1 aromatic heterocycles. The van der Waals surface area contributed by atoms with Gasteiger partial charge in [-0.2, -0.15) is 0 Å². The molecule has 0 saturated heterocycles. The maximum atomic E-state index is 3.37. The Kier molecular flexibility index (Phi) is 1.13.